The van der Waals surface area contributed by atoms with E-state index in [1.807, 2.05) is 109 Å². The smallest absolute Gasteiger partial charge is 0.444 e. The Morgan fingerprint density at radius 1 is 0.521 bits per heavy atom. The molecule has 0 heterocycles. The number of aliphatic carboxylic acids is 1. The minimum atomic E-state index is -3.31. The Morgan fingerprint density at radius 2 is 0.750 bits per heavy atom. The summed E-state index contributed by atoms with van der Waals surface area (Å²) < 4.78 is 20.3. The van der Waals surface area contributed by atoms with E-state index in [9.17, 15) is 4.79 Å². The average Bonchev–Trinajstić information content (AvgIpc) is 3.13. The zero-order valence-electron chi connectivity index (χ0n) is 26.5. The van der Waals surface area contributed by atoms with E-state index in [1.165, 1.54) is 6.92 Å². The van der Waals surface area contributed by atoms with Crippen molar-refractivity contribution in [3.63, 3.8) is 0 Å². The lowest BCUT2D eigenvalue weighted by molar-refractivity contribution is -0.132. The highest BCUT2D eigenvalue weighted by Crippen LogP contribution is 2.57. The Labute approximate surface area is 286 Å². The molecule has 48 heavy (non-hydrogen) atoms. The molecule has 6 aromatic carbocycles. The Morgan fingerprint density at radius 3 is 0.979 bits per heavy atom. The first kappa shape index (κ1) is 34.1. The van der Waals surface area contributed by atoms with Gasteiger partial charge in [0.25, 0.3) is 0 Å². The van der Waals surface area contributed by atoms with E-state index in [2.05, 4.69) is 79.4 Å². The van der Waals surface area contributed by atoms with Gasteiger partial charge in [-0.15, -0.1) is 0 Å². The van der Waals surface area contributed by atoms with Crippen molar-refractivity contribution in [2.24, 2.45) is 0 Å². The van der Waals surface area contributed by atoms with Crippen LogP contribution in [0.4, 0.5) is 0 Å². The Bertz CT molecular complexity index is 1720. The van der Waals surface area contributed by atoms with Crippen LogP contribution < -0.4 is 13.6 Å². The quantitative estimate of drug-likeness (QED) is 0.0621. The largest absolute Gasteiger partial charge is 0.478 e. The van der Waals surface area contributed by atoms with E-state index in [0.29, 0.717) is 17.2 Å². The van der Waals surface area contributed by atoms with Crippen LogP contribution in [-0.2, 0) is 20.5 Å². The number of para-hydroxylation sites is 3. The molecule has 0 aliphatic rings. The molecule has 0 aliphatic carbocycles. The molecule has 7 heteroatoms. The third-order valence-electron chi connectivity index (χ3n) is 7.10. The summed E-state index contributed by atoms with van der Waals surface area (Å²) in [5, 5.41) is 7.89. The number of carboxylic acid groups (broad SMARTS) is 1. The monoisotopic (exact) mass is 672 g/mol. The fourth-order valence-electron chi connectivity index (χ4n) is 4.86. The van der Waals surface area contributed by atoms with Crippen LogP contribution in [0.25, 0.3) is 0 Å². The van der Waals surface area contributed by atoms with E-state index in [0.717, 1.165) is 27.6 Å². The van der Waals surface area contributed by atoms with Gasteiger partial charge in [-0.3, -0.25) is 0 Å². The van der Waals surface area contributed by atoms with Crippen molar-refractivity contribution in [2.45, 2.75) is 11.7 Å². The van der Waals surface area contributed by atoms with Gasteiger partial charge in [-0.05, 0) is 60.0 Å². The van der Waals surface area contributed by atoms with Crippen LogP contribution in [0.3, 0.4) is 0 Å². The van der Waals surface area contributed by atoms with Crippen LogP contribution in [0.5, 0.6) is 17.2 Å². The zero-order valence-corrected chi connectivity index (χ0v) is 28.3. The van der Waals surface area contributed by atoms with Crippen molar-refractivity contribution in [1.29, 1.82) is 0 Å². The summed E-state index contributed by atoms with van der Waals surface area (Å²) in [6, 6.07) is 61.1. The highest BCUT2D eigenvalue weighted by Gasteiger charge is 2.41. The van der Waals surface area contributed by atoms with E-state index < -0.39 is 17.4 Å². The van der Waals surface area contributed by atoms with Crippen LogP contribution in [0.15, 0.2) is 194 Å². The number of hydrogen-bond donors (Lipinski definition) is 2. The fraction of sp³-hybridized carbons (Fsp3) is 0.0488. The maximum absolute atomic E-state index is 9.60. The molecule has 0 saturated carbocycles. The lowest BCUT2D eigenvalue weighted by atomic mass is 9.84. The van der Waals surface area contributed by atoms with Gasteiger partial charge < -0.3 is 18.7 Å². The van der Waals surface area contributed by atoms with E-state index in [4.69, 9.17) is 18.7 Å². The minimum Gasteiger partial charge on any atom is -0.478 e. The van der Waals surface area contributed by atoms with Gasteiger partial charge in [-0.25, -0.2) is 4.79 Å². The summed E-state index contributed by atoms with van der Waals surface area (Å²) in [5.41, 5.74) is 3.50. The minimum absolute atomic E-state index is 0.176. The highest BCUT2D eigenvalue weighted by molar-refractivity contribution is 8.18. The van der Waals surface area contributed by atoms with E-state index in [-0.39, 0.29) is 5.57 Å². The van der Waals surface area contributed by atoms with Crippen LogP contribution in [-0.4, -0.2) is 11.1 Å². The van der Waals surface area contributed by atoms with Crippen LogP contribution >= 0.6 is 6.72 Å². The molecule has 0 radical (unpaired) electrons. The molecule has 0 spiro atoms. The molecule has 0 aliphatic heterocycles. The van der Waals surface area contributed by atoms with Gasteiger partial charge in [0.05, 0.1) is 4.75 Å². The van der Waals surface area contributed by atoms with Crippen LogP contribution in [0.1, 0.15) is 23.6 Å². The standard InChI is InChI=1S/C37H31O3PS.C4H6O2/c1-7-19-31(20-8-1)37(32-21-9-2-10-22-32,33-23-11-3-12-24-33)42-41(38-34-25-13-4-14-26-34,39-35-27-15-5-16-28-35)40-36-29-17-6-18-30-36;1-3(2)4(5)6/h1-30,42H;1H2,2H3,(H,5,6). The number of carboxylic acids is 1. The average molecular weight is 673 g/mol. The Balaban J connectivity index is 0.000000689. The molecule has 242 valence electrons. The van der Waals surface area contributed by atoms with Crippen molar-refractivity contribution in [3.8, 4) is 17.2 Å². The van der Waals surface area contributed by atoms with E-state index in [1.54, 1.807) is 0 Å². The van der Waals surface area contributed by atoms with Gasteiger partial charge in [0, 0.05) is 5.57 Å². The van der Waals surface area contributed by atoms with Crippen molar-refractivity contribution in [1.82, 2.24) is 0 Å². The predicted octanol–water partition coefficient (Wildman–Crippen LogP) is 10.4. The van der Waals surface area contributed by atoms with Crippen molar-refractivity contribution < 1.29 is 23.5 Å². The summed E-state index contributed by atoms with van der Waals surface area (Å²) in [6.45, 7) is 1.29. The molecule has 0 aromatic heterocycles. The number of benzene rings is 6. The second-order valence-electron chi connectivity index (χ2n) is 10.7. The first-order valence-corrected chi connectivity index (χ1v) is 18.5. The molecule has 0 saturated heterocycles. The number of hydrogen-bond acceptors (Lipinski definition) is 4. The van der Waals surface area contributed by atoms with E-state index >= 15 is 0 Å². The second kappa shape index (κ2) is 16.5. The summed E-state index contributed by atoms with van der Waals surface area (Å²) in [5.74, 6) is 1.09. The molecule has 6 rings (SSSR count). The molecule has 0 unspecified atom stereocenters. The highest BCUT2D eigenvalue weighted by atomic mass is 32.5. The third kappa shape index (κ3) is 8.74. The summed E-state index contributed by atoms with van der Waals surface area (Å²) >= 11 is 0. The Hall–Kier alpha value is -5.29. The van der Waals surface area contributed by atoms with Gasteiger partial charge >= 0.3 is 12.7 Å². The maximum Gasteiger partial charge on any atom is 0.444 e. The zero-order chi connectivity index (χ0) is 33.7. The fourth-order valence-corrected chi connectivity index (χ4v) is 10.8. The first-order valence-electron chi connectivity index (χ1n) is 15.3. The van der Waals surface area contributed by atoms with Crippen molar-refractivity contribution in [2.75, 3.05) is 0 Å². The van der Waals surface area contributed by atoms with Gasteiger partial charge in [0.1, 0.15) is 17.2 Å². The first-order chi connectivity index (χ1) is 23.4. The van der Waals surface area contributed by atoms with Gasteiger partial charge in [0.15, 0.2) is 0 Å². The molecule has 1 N–H and O–H groups in total. The SMILES string of the molecule is C=C(C)C(=O)O.c1ccc(OP(Oc2ccccc2)(Oc2ccccc2)=[SH]C(c2ccccc2)(c2ccccc2)c2ccccc2)cc1. The van der Waals surface area contributed by atoms with Gasteiger partial charge in [-0.2, -0.15) is 0 Å². The lowest BCUT2D eigenvalue weighted by Crippen LogP contribution is -2.30. The van der Waals surface area contributed by atoms with Gasteiger partial charge in [0.2, 0.25) is 0 Å². The van der Waals surface area contributed by atoms with Gasteiger partial charge in [-0.1, -0.05) is 163 Å². The molecule has 6 aromatic rings. The molecule has 0 atom stereocenters. The normalized spacial score (nSPS) is 10.9. The molecular formula is C41H37O5PS. The molecule has 5 nitrogen and oxygen atoms in total. The molecule has 0 bridgehead atoms. The van der Waals surface area contributed by atoms with Crippen LogP contribution in [0, 0.1) is 0 Å². The van der Waals surface area contributed by atoms with Crippen LogP contribution in [0.2, 0.25) is 0 Å². The Kier molecular flexibility index (Phi) is 11.7. The summed E-state index contributed by atoms with van der Waals surface area (Å²) in [4.78, 5) is 9.60. The topological polar surface area (TPSA) is 65.0 Å². The summed E-state index contributed by atoms with van der Waals surface area (Å²) in [6.07, 6.45) is 0. The molecular weight excluding hydrogens is 635 g/mol. The van der Waals surface area contributed by atoms with Crippen molar-refractivity contribution >= 4 is 23.6 Å². The molecule has 0 fully saturated rings. The maximum atomic E-state index is 9.60. The second-order valence-corrected chi connectivity index (χ2v) is 15.1. The number of carbonyl (C=O) groups is 1. The summed E-state index contributed by atoms with van der Waals surface area (Å²) in [7, 11) is 0.791. The third-order valence-corrected chi connectivity index (χ3v) is 12.1. The number of rotatable bonds is 11. The number of thiol groups is 1. The van der Waals surface area contributed by atoms with Crippen molar-refractivity contribution in [3.05, 3.63) is 211 Å². The lowest BCUT2D eigenvalue weighted by Gasteiger charge is -2.37. The predicted molar refractivity (Wildman–Crippen MR) is 199 cm³/mol. The molecule has 0 amide bonds.